The molecule has 5 N–H and O–H groups in total. The maximum Gasteiger partial charge on any atom is 0.416 e. The van der Waals surface area contributed by atoms with Crippen LogP contribution in [0.2, 0.25) is 0 Å². The van der Waals surface area contributed by atoms with E-state index in [2.05, 4.69) is 10.4 Å². The van der Waals surface area contributed by atoms with Gasteiger partial charge in [-0.1, -0.05) is 0 Å². The molecular formula is C10H12F3N5. The summed E-state index contributed by atoms with van der Waals surface area (Å²) in [6.07, 6.45) is -0.853. The third-order valence-corrected chi connectivity index (χ3v) is 3.31. The van der Waals surface area contributed by atoms with Crippen LogP contribution in [0, 0.1) is 5.92 Å². The third kappa shape index (κ3) is 1.56. The van der Waals surface area contributed by atoms with Crippen LogP contribution < -0.4 is 16.9 Å². The Labute approximate surface area is 101 Å². The van der Waals surface area contributed by atoms with E-state index in [1.165, 1.54) is 5.01 Å². The fourth-order valence-electron chi connectivity index (χ4n) is 2.27. The van der Waals surface area contributed by atoms with Crippen molar-refractivity contribution in [2.75, 3.05) is 0 Å². The molecule has 3 rings (SSSR count). The Morgan fingerprint density at radius 1 is 1.44 bits per heavy atom. The maximum atomic E-state index is 12.8. The second-order valence-electron chi connectivity index (χ2n) is 4.71. The second-order valence-corrected chi connectivity index (χ2v) is 4.71. The molecule has 0 saturated heterocycles. The van der Waals surface area contributed by atoms with Crippen molar-refractivity contribution in [1.29, 1.82) is 0 Å². The van der Waals surface area contributed by atoms with Crippen molar-refractivity contribution in [3.8, 4) is 0 Å². The van der Waals surface area contributed by atoms with Gasteiger partial charge in [-0.25, -0.2) is 5.01 Å². The highest BCUT2D eigenvalue weighted by Crippen LogP contribution is 2.46. The van der Waals surface area contributed by atoms with E-state index in [0.29, 0.717) is 0 Å². The predicted molar refractivity (Wildman–Crippen MR) is 58.5 cm³/mol. The first-order valence-corrected chi connectivity index (χ1v) is 5.52. The minimum absolute atomic E-state index is 0.0212. The van der Waals surface area contributed by atoms with Gasteiger partial charge in [0.15, 0.2) is 5.82 Å². The molecule has 1 fully saturated rings. The highest BCUT2D eigenvalue weighted by molar-refractivity contribution is 5.81. The van der Waals surface area contributed by atoms with Gasteiger partial charge in [-0.2, -0.15) is 18.2 Å². The van der Waals surface area contributed by atoms with Crippen LogP contribution in [0.5, 0.6) is 0 Å². The minimum Gasteiger partial charge on any atom is -0.368 e. The first-order chi connectivity index (χ1) is 8.30. The van der Waals surface area contributed by atoms with E-state index in [1.807, 2.05) is 0 Å². The lowest BCUT2D eigenvalue weighted by molar-refractivity contribution is -0.0907. The van der Waals surface area contributed by atoms with E-state index in [-0.39, 0.29) is 17.7 Å². The van der Waals surface area contributed by atoms with Gasteiger partial charge in [0, 0.05) is 5.92 Å². The lowest BCUT2D eigenvalue weighted by Crippen LogP contribution is -2.62. The normalized spacial score (nSPS) is 31.3. The Balaban J connectivity index is 2.06. The molecular weight excluding hydrogens is 247 g/mol. The lowest BCUT2D eigenvalue weighted by Gasteiger charge is -2.40. The first kappa shape index (κ1) is 11.4. The van der Waals surface area contributed by atoms with E-state index in [1.54, 1.807) is 0 Å². The summed E-state index contributed by atoms with van der Waals surface area (Å²) in [5, 5.41) is 1.41. The third-order valence-electron chi connectivity index (χ3n) is 3.31. The summed E-state index contributed by atoms with van der Waals surface area (Å²) in [7, 11) is 0. The van der Waals surface area contributed by atoms with Crippen LogP contribution in [-0.2, 0) is 0 Å². The number of guanidine groups is 1. The van der Waals surface area contributed by atoms with Crippen molar-refractivity contribution in [3.63, 3.8) is 0 Å². The Morgan fingerprint density at radius 3 is 2.67 bits per heavy atom. The van der Waals surface area contributed by atoms with Crippen LogP contribution in [0.3, 0.4) is 0 Å². The summed E-state index contributed by atoms with van der Waals surface area (Å²) >= 11 is 0. The van der Waals surface area contributed by atoms with E-state index in [9.17, 15) is 13.2 Å². The molecule has 0 aromatic heterocycles. The molecule has 1 atom stereocenters. The Hall–Kier alpha value is -1.70. The van der Waals surface area contributed by atoms with Crippen LogP contribution in [0.15, 0.2) is 28.5 Å². The monoisotopic (exact) mass is 259 g/mol. The highest BCUT2D eigenvalue weighted by atomic mass is 19.4. The van der Waals surface area contributed by atoms with Crippen molar-refractivity contribution < 1.29 is 13.2 Å². The molecule has 2 heterocycles. The molecule has 0 aromatic rings. The van der Waals surface area contributed by atoms with Gasteiger partial charge in [0.1, 0.15) is 5.66 Å². The van der Waals surface area contributed by atoms with Gasteiger partial charge in [-0.3, -0.25) is 5.43 Å². The highest BCUT2D eigenvalue weighted by Gasteiger charge is 2.52. The molecule has 0 aromatic carbocycles. The summed E-state index contributed by atoms with van der Waals surface area (Å²) in [4.78, 5) is 3.83. The SMILES string of the molecule is NC1=NC2=CC(C(F)(F)F)=CC(N)(C3CC3)N2N1. The number of halogens is 3. The fraction of sp³-hybridized carbons (Fsp3) is 0.500. The number of hydrazine groups is 1. The quantitative estimate of drug-likeness (QED) is 0.641. The van der Waals surface area contributed by atoms with Gasteiger partial charge in [0.2, 0.25) is 5.96 Å². The number of aliphatic imine (C=N–C) groups is 1. The molecule has 98 valence electrons. The van der Waals surface area contributed by atoms with Gasteiger partial charge in [0.05, 0.1) is 5.57 Å². The molecule has 3 aliphatic rings. The summed E-state index contributed by atoms with van der Waals surface area (Å²) in [5.74, 6) is 0.137. The molecule has 0 radical (unpaired) electrons. The summed E-state index contributed by atoms with van der Waals surface area (Å²) in [5.41, 5.74) is 12.3. The number of nitrogens with zero attached hydrogens (tertiary/aromatic N) is 2. The summed E-state index contributed by atoms with van der Waals surface area (Å²) < 4.78 is 38.5. The molecule has 0 bridgehead atoms. The van der Waals surface area contributed by atoms with Gasteiger partial charge >= 0.3 is 6.18 Å². The van der Waals surface area contributed by atoms with Gasteiger partial charge < -0.3 is 11.5 Å². The predicted octanol–water partition coefficient (Wildman–Crippen LogP) is 0.530. The van der Waals surface area contributed by atoms with Gasteiger partial charge in [0.25, 0.3) is 0 Å². The van der Waals surface area contributed by atoms with Crippen LogP contribution in [0.4, 0.5) is 13.2 Å². The molecule has 1 saturated carbocycles. The van der Waals surface area contributed by atoms with Crippen molar-refractivity contribution in [3.05, 3.63) is 23.5 Å². The standard InChI is InChI=1S/C10H12F3N5/c11-10(12,13)6-3-7-16-8(14)17-18(7)9(15,4-6)5-1-2-5/h3-5H,1-2,15H2,(H3,14,16,17). The molecule has 5 nitrogen and oxygen atoms in total. The van der Waals surface area contributed by atoms with Crippen LogP contribution in [0.1, 0.15) is 12.8 Å². The van der Waals surface area contributed by atoms with Crippen molar-refractivity contribution in [1.82, 2.24) is 10.4 Å². The molecule has 1 unspecified atom stereocenters. The van der Waals surface area contributed by atoms with Crippen LogP contribution >= 0.6 is 0 Å². The number of nitrogens with one attached hydrogen (secondary N) is 1. The number of rotatable bonds is 1. The van der Waals surface area contributed by atoms with Gasteiger partial charge in [-0.05, 0) is 25.0 Å². The molecule has 0 spiro atoms. The summed E-state index contributed by atoms with van der Waals surface area (Å²) in [6.45, 7) is 0. The zero-order valence-electron chi connectivity index (χ0n) is 9.33. The largest absolute Gasteiger partial charge is 0.416 e. The number of allylic oxidation sites excluding steroid dienone is 2. The van der Waals surface area contributed by atoms with Crippen LogP contribution in [-0.4, -0.2) is 22.8 Å². The van der Waals surface area contributed by atoms with E-state index < -0.39 is 17.4 Å². The van der Waals surface area contributed by atoms with Crippen molar-refractivity contribution in [2.24, 2.45) is 22.4 Å². The maximum absolute atomic E-state index is 12.8. The van der Waals surface area contributed by atoms with E-state index in [0.717, 1.165) is 25.0 Å². The molecule has 1 aliphatic carbocycles. The number of hydrogen-bond donors (Lipinski definition) is 3. The number of alkyl halides is 3. The topological polar surface area (TPSA) is 79.7 Å². The lowest BCUT2D eigenvalue weighted by atomic mass is 9.97. The Morgan fingerprint density at radius 2 is 2.11 bits per heavy atom. The average molecular weight is 259 g/mol. The van der Waals surface area contributed by atoms with E-state index in [4.69, 9.17) is 11.5 Å². The first-order valence-electron chi connectivity index (χ1n) is 5.52. The molecule has 8 heteroatoms. The second kappa shape index (κ2) is 3.19. The molecule has 18 heavy (non-hydrogen) atoms. The van der Waals surface area contributed by atoms with Crippen molar-refractivity contribution in [2.45, 2.75) is 24.7 Å². The minimum atomic E-state index is -4.44. The smallest absolute Gasteiger partial charge is 0.368 e. The molecule has 2 aliphatic heterocycles. The Kier molecular flexibility index (Phi) is 2.02. The van der Waals surface area contributed by atoms with Crippen molar-refractivity contribution >= 4 is 5.96 Å². The number of hydrogen-bond acceptors (Lipinski definition) is 5. The zero-order chi connectivity index (χ0) is 13.1. The summed E-state index contributed by atoms with van der Waals surface area (Å²) in [6, 6.07) is 0. The number of fused-ring (bicyclic) bond motifs is 1. The molecule has 0 amide bonds. The fourth-order valence-corrected chi connectivity index (χ4v) is 2.27. The number of nitrogens with two attached hydrogens (primary N) is 2. The zero-order valence-corrected chi connectivity index (χ0v) is 9.33. The van der Waals surface area contributed by atoms with E-state index >= 15 is 0 Å². The van der Waals surface area contributed by atoms with Gasteiger partial charge in [-0.15, -0.1) is 0 Å². The Bertz CT molecular complexity index is 488. The van der Waals surface area contributed by atoms with Crippen LogP contribution in [0.25, 0.3) is 0 Å². The average Bonchev–Trinajstić information content (AvgIpc) is 3.00.